The van der Waals surface area contributed by atoms with Gasteiger partial charge in [0.1, 0.15) is 0 Å². The van der Waals surface area contributed by atoms with Gasteiger partial charge in [0.2, 0.25) is 0 Å². The van der Waals surface area contributed by atoms with Crippen molar-refractivity contribution in [2.24, 2.45) is 0 Å². The van der Waals surface area contributed by atoms with Crippen molar-refractivity contribution in [3.8, 4) is 0 Å². The summed E-state index contributed by atoms with van der Waals surface area (Å²) in [6, 6.07) is 0. The van der Waals surface area contributed by atoms with Gasteiger partial charge >= 0.3 is 0 Å². The predicted molar refractivity (Wildman–Crippen MR) is 53.4 cm³/mol. The smallest absolute Gasteiger partial charge is 0.000279 e. The van der Waals surface area contributed by atoms with Gasteiger partial charge in [-0.3, -0.25) is 0 Å². The number of rotatable bonds is 2. The van der Waals surface area contributed by atoms with Crippen LogP contribution in [0.3, 0.4) is 0 Å². The zero-order chi connectivity index (χ0) is 8.41. The van der Waals surface area contributed by atoms with Crippen LogP contribution in [0.15, 0.2) is 35.8 Å². The second-order valence-electron chi connectivity index (χ2n) is 1.31. The molecule has 0 aromatic carbocycles. The minimum atomic E-state index is 0.963. The molecule has 0 unspecified atom stereocenters. The van der Waals surface area contributed by atoms with Crippen LogP contribution in [0.2, 0.25) is 0 Å². The fourth-order valence-corrected chi connectivity index (χ4v) is 0.349. The highest BCUT2D eigenvalue weighted by atomic mass is 32.1. The van der Waals surface area contributed by atoms with Crippen LogP contribution in [0.1, 0.15) is 20.8 Å². The Labute approximate surface area is 69.8 Å². The van der Waals surface area contributed by atoms with Crippen molar-refractivity contribution < 1.29 is 0 Å². The maximum absolute atomic E-state index is 4.09. The molecule has 0 aliphatic rings. The fourth-order valence-electron chi connectivity index (χ4n) is 0.263. The first kappa shape index (κ1) is 12.3. The Hall–Kier alpha value is -0.430. The van der Waals surface area contributed by atoms with Gasteiger partial charge in [-0.1, -0.05) is 38.7 Å². The standard InChI is InChI=1S/C7H10S.C2H6/c1-3-5-6-7(8)4-2;1-2/h3-6,8H,1H2,2H3;1-2H3/b6-5-,7-4+;. The van der Waals surface area contributed by atoms with E-state index < -0.39 is 0 Å². The molecule has 0 heterocycles. The third-order valence-electron chi connectivity index (χ3n) is 0.699. The van der Waals surface area contributed by atoms with E-state index in [0.717, 1.165) is 4.91 Å². The molecule has 0 radical (unpaired) electrons. The summed E-state index contributed by atoms with van der Waals surface area (Å²) in [5.41, 5.74) is 0. The summed E-state index contributed by atoms with van der Waals surface area (Å²) in [5, 5.41) is 0. The summed E-state index contributed by atoms with van der Waals surface area (Å²) in [5.74, 6) is 0. The average molecular weight is 156 g/mol. The Morgan fingerprint density at radius 2 is 1.90 bits per heavy atom. The molecule has 10 heavy (non-hydrogen) atoms. The van der Waals surface area contributed by atoms with Gasteiger partial charge in [0.15, 0.2) is 0 Å². The van der Waals surface area contributed by atoms with Crippen molar-refractivity contribution in [2.75, 3.05) is 0 Å². The quantitative estimate of drug-likeness (QED) is 0.458. The Morgan fingerprint density at radius 3 is 2.20 bits per heavy atom. The zero-order valence-electron chi connectivity index (χ0n) is 6.96. The summed E-state index contributed by atoms with van der Waals surface area (Å²) < 4.78 is 0. The van der Waals surface area contributed by atoms with Gasteiger partial charge in [-0.2, -0.15) is 0 Å². The molecule has 0 nitrogen and oxygen atoms in total. The molecular weight excluding hydrogens is 140 g/mol. The van der Waals surface area contributed by atoms with Crippen molar-refractivity contribution >= 4 is 12.6 Å². The molecule has 0 spiro atoms. The Bertz CT molecular complexity index is 121. The van der Waals surface area contributed by atoms with Gasteiger partial charge in [0.05, 0.1) is 0 Å². The van der Waals surface area contributed by atoms with E-state index in [1.807, 2.05) is 39.0 Å². The Morgan fingerprint density at radius 1 is 1.40 bits per heavy atom. The first-order chi connectivity index (χ1) is 4.81. The third kappa shape index (κ3) is 10.5. The van der Waals surface area contributed by atoms with Gasteiger partial charge in [-0.05, 0) is 17.9 Å². The monoisotopic (exact) mass is 156 g/mol. The number of allylic oxidation sites excluding steroid dienone is 4. The van der Waals surface area contributed by atoms with E-state index in [1.54, 1.807) is 6.08 Å². The van der Waals surface area contributed by atoms with Crippen LogP contribution in [0.25, 0.3) is 0 Å². The minimum Gasteiger partial charge on any atom is -0.144 e. The summed E-state index contributed by atoms with van der Waals surface area (Å²) in [6.07, 6.45) is 7.38. The largest absolute Gasteiger partial charge is 0.144 e. The molecule has 0 atom stereocenters. The molecule has 0 rings (SSSR count). The lowest BCUT2D eigenvalue weighted by Crippen LogP contribution is -1.56. The van der Waals surface area contributed by atoms with Crippen molar-refractivity contribution in [2.45, 2.75) is 20.8 Å². The van der Waals surface area contributed by atoms with Crippen LogP contribution >= 0.6 is 12.6 Å². The SMILES string of the molecule is C=C/C=C\C(S)=C/C.CC. The maximum Gasteiger partial charge on any atom is -0.000279 e. The molecule has 0 aliphatic carbocycles. The summed E-state index contributed by atoms with van der Waals surface area (Å²) in [7, 11) is 0. The number of hydrogen-bond acceptors (Lipinski definition) is 1. The lowest BCUT2D eigenvalue weighted by atomic mass is 10.4. The van der Waals surface area contributed by atoms with Crippen molar-refractivity contribution in [1.82, 2.24) is 0 Å². The van der Waals surface area contributed by atoms with E-state index in [1.165, 1.54) is 0 Å². The molecule has 0 aromatic rings. The molecule has 0 aliphatic heterocycles. The predicted octanol–water partition coefficient (Wildman–Crippen LogP) is 3.59. The first-order valence-corrected chi connectivity index (χ1v) is 3.90. The molecule has 0 saturated carbocycles. The maximum atomic E-state index is 4.09. The van der Waals surface area contributed by atoms with E-state index in [9.17, 15) is 0 Å². The van der Waals surface area contributed by atoms with Crippen molar-refractivity contribution in [3.05, 3.63) is 35.8 Å². The molecule has 0 saturated heterocycles. The summed E-state index contributed by atoms with van der Waals surface area (Å²) in [4.78, 5) is 0.963. The minimum absolute atomic E-state index is 0.963. The van der Waals surface area contributed by atoms with E-state index in [2.05, 4.69) is 19.2 Å². The summed E-state index contributed by atoms with van der Waals surface area (Å²) in [6.45, 7) is 9.46. The van der Waals surface area contributed by atoms with Crippen LogP contribution in [-0.2, 0) is 0 Å². The molecule has 0 bridgehead atoms. The Balaban J connectivity index is 0. The van der Waals surface area contributed by atoms with Crippen LogP contribution in [-0.4, -0.2) is 0 Å². The van der Waals surface area contributed by atoms with E-state index in [4.69, 9.17) is 0 Å². The lowest BCUT2D eigenvalue weighted by molar-refractivity contribution is 1.50. The molecular formula is C9H16S. The molecule has 1 heteroatoms. The third-order valence-corrected chi connectivity index (χ3v) is 1.11. The molecule has 0 N–H and O–H groups in total. The molecule has 0 aromatic heterocycles. The van der Waals surface area contributed by atoms with Crippen LogP contribution in [0, 0.1) is 0 Å². The molecule has 0 amide bonds. The highest BCUT2D eigenvalue weighted by Crippen LogP contribution is 1.99. The zero-order valence-corrected chi connectivity index (χ0v) is 7.86. The number of hydrogen-bond donors (Lipinski definition) is 1. The number of thiol groups is 1. The normalized spacial score (nSPS) is 10.6. The van der Waals surface area contributed by atoms with Crippen LogP contribution in [0.5, 0.6) is 0 Å². The highest BCUT2D eigenvalue weighted by Gasteiger charge is 1.72. The topological polar surface area (TPSA) is 0 Å². The van der Waals surface area contributed by atoms with Gasteiger partial charge in [-0.15, -0.1) is 12.6 Å². The molecule has 58 valence electrons. The van der Waals surface area contributed by atoms with Gasteiger partial charge in [0, 0.05) is 0 Å². The van der Waals surface area contributed by atoms with E-state index in [0.29, 0.717) is 0 Å². The van der Waals surface area contributed by atoms with E-state index in [-0.39, 0.29) is 0 Å². The first-order valence-electron chi connectivity index (χ1n) is 3.45. The average Bonchev–Trinajstić information content (AvgIpc) is 2.04. The van der Waals surface area contributed by atoms with Crippen molar-refractivity contribution in [3.63, 3.8) is 0 Å². The van der Waals surface area contributed by atoms with Gasteiger partial charge in [0.25, 0.3) is 0 Å². The van der Waals surface area contributed by atoms with Gasteiger partial charge in [-0.25, -0.2) is 0 Å². The van der Waals surface area contributed by atoms with Gasteiger partial charge < -0.3 is 0 Å². The fraction of sp³-hybridized carbons (Fsp3) is 0.333. The Kier molecular flexibility index (Phi) is 14.0. The van der Waals surface area contributed by atoms with Crippen LogP contribution in [0.4, 0.5) is 0 Å². The second-order valence-corrected chi connectivity index (χ2v) is 1.82. The van der Waals surface area contributed by atoms with Crippen LogP contribution < -0.4 is 0 Å². The van der Waals surface area contributed by atoms with Crippen molar-refractivity contribution in [1.29, 1.82) is 0 Å². The van der Waals surface area contributed by atoms with E-state index >= 15 is 0 Å². The second kappa shape index (κ2) is 11.4. The lowest BCUT2D eigenvalue weighted by Gasteiger charge is -1.81. The molecule has 0 fully saturated rings. The highest BCUT2D eigenvalue weighted by molar-refractivity contribution is 7.84. The summed E-state index contributed by atoms with van der Waals surface area (Å²) >= 11 is 4.09.